The number of amides is 1. The summed E-state index contributed by atoms with van der Waals surface area (Å²) in [5.41, 5.74) is -0.676. The molecule has 1 spiro atoms. The van der Waals surface area contributed by atoms with Gasteiger partial charge in [-0.2, -0.15) is 0 Å². The maximum absolute atomic E-state index is 12.4. The van der Waals surface area contributed by atoms with E-state index < -0.39 is 15.4 Å². The monoisotopic (exact) mass is 339 g/mol. The van der Waals surface area contributed by atoms with E-state index in [4.69, 9.17) is 4.74 Å². The van der Waals surface area contributed by atoms with Crippen molar-refractivity contribution in [1.82, 2.24) is 14.6 Å². The van der Waals surface area contributed by atoms with Gasteiger partial charge in [0.25, 0.3) is 0 Å². The molecule has 0 unspecified atom stereocenters. The molecule has 2 saturated heterocycles. The minimum atomic E-state index is -3.27. The van der Waals surface area contributed by atoms with E-state index in [1.807, 2.05) is 6.07 Å². The van der Waals surface area contributed by atoms with Gasteiger partial charge in [0.15, 0.2) is 0 Å². The number of ether oxygens (including phenoxy) is 1. The van der Waals surface area contributed by atoms with E-state index >= 15 is 0 Å². The van der Waals surface area contributed by atoms with Crippen molar-refractivity contribution < 1.29 is 17.9 Å². The van der Waals surface area contributed by atoms with Crippen LogP contribution in [-0.2, 0) is 14.8 Å². The van der Waals surface area contributed by atoms with Crippen LogP contribution < -0.4 is 10.1 Å². The Labute approximate surface area is 136 Å². The molecular weight excluding hydrogens is 318 g/mol. The van der Waals surface area contributed by atoms with Gasteiger partial charge in [-0.05, 0) is 25.5 Å². The number of carbonyl (C=O) groups excluding carboxylic acids is 1. The molecule has 1 aromatic heterocycles. The van der Waals surface area contributed by atoms with E-state index in [1.165, 1.54) is 4.31 Å². The summed E-state index contributed by atoms with van der Waals surface area (Å²) in [5.74, 6) is 0.595. The van der Waals surface area contributed by atoms with Gasteiger partial charge in [0, 0.05) is 31.7 Å². The van der Waals surface area contributed by atoms with Crippen LogP contribution in [-0.4, -0.2) is 55.6 Å². The van der Waals surface area contributed by atoms with Crippen LogP contribution in [0.5, 0.6) is 5.75 Å². The number of carbonyl (C=O) groups is 1. The largest absolute Gasteiger partial charge is 0.492 e. The summed E-state index contributed by atoms with van der Waals surface area (Å²) in [4.78, 5) is 16.4. The lowest BCUT2D eigenvalue weighted by atomic mass is 9.77. The molecule has 2 fully saturated rings. The highest BCUT2D eigenvalue weighted by atomic mass is 32.2. The number of aromatic nitrogens is 1. The number of pyridine rings is 1. The molecule has 2 atom stereocenters. The first-order valence-corrected chi connectivity index (χ1v) is 9.38. The zero-order chi connectivity index (χ0) is 16.5. The Morgan fingerprint density at radius 1 is 1.52 bits per heavy atom. The first-order chi connectivity index (χ1) is 11.0. The number of nitrogens with one attached hydrogen (secondary N) is 1. The molecule has 8 heteroatoms. The molecule has 23 heavy (non-hydrogen) atoms. The Hall–Kier alpha value is -1.67. The molecule has 0 radical (unpaired) electrons. The van der Waals surface area contributed by atoms with Crippen LogP contribution >= 0.6 is 0 Å². The highest BCUT2D eigenvalue weighted by Crippen LogP contribution is 2.42. The second kappa shape index (κ2) is 6.09. The maximum atomic E-state index is 12.4. The summed E-state index contributed by atoms with van der Waals surface area (Å²) in [6.07, 6.45) is 3.83. The third kappa shape index (κ3) is 2.92. The van der Waals surface area contributed by atoms with Gasteiger partial charge in [0.2, 0.25) is 15.9 Å². The van der Waals surface area contributed by atoms with Crippen molar-refractivity contribution in [3.8, 4) is 5.75 Å². The Balaban J connectivity index is 1.73. The number of hydrogen-bond acceptors (Lipinski definition) is 5. The van der Waals surface area contributed by atoms with E-state index in [0.29, 0.717) is 31.9 Å². The highest BCUT2D eigenvalue weighted by molar-refractivity contribution is 7.89. The smallest absolute Gasteiger partial charge is 0.228 e. The molecule has 0 aliphatic carbocycles. The van der Waals surface area contributed by atoms with E-state index in [1.54, 1.807) is 25.4 Å². The Morgan fingerprint density at radius 2 is 2.35 bits per heavy atom. The Kier molecular flexibility index (Phi) is 4.29. The minimum Gasteiger partial charge on any atom is -0.492 e. The van der Waals surface area contributed by atoms with Crippen LogP contribution in [0.15, 0.2) is 24.5 Å². The third-order valence-electron chi connectivity index (χ3n) is 4.85. The summed E-state index contributed by atoms with van der Waals surface area (Å²) in [5, 5.41) is 2.87. The molecule has 2 aliphatic rings. The summed E-state index contributed by atoms with van der Waals surface area (Å²) < 4.78 is 31.4. The van der Waals surface area contributed by atoms with Crippen LogP contribution in [0, 0.1) is 11.3 Å². The lowest BCUT2D eigenvalue weighted by Crippen LogP contribution is -2.41. The number of nitrogens with zero attached hydrogens (tertiary/aromatic N) is 2. The standard InChI is InChI=1S/C15H21N3O4S/c1-2-23(20,21)18-7-5-15(11-18)12(8-17-14(15)19)10-22-13-4-3-6-16-9-13/h3-4,6,9,12H,2,5,7-8,10-11H2,1H3,(H,17,19)/t12-,15+/m0/s1. The molecule has 0 bridgehead atoms. The van der Waals surface area contributed by atoms with Gasteiger partial charge in [-0.15, -0.1) is 0 Å². The maximum Gasteiger partial charge on any atom is 0.228 e. The predicted octanol–water partition coefficient (Wildman–Crippen LogP) is 0.248. The molecule has 0 aromatic carbocycles. The summed E-state index contributed by atoms with van der Waals surface area (Å²) in [6.45, 7) is 3.14. The van der Waals surface area contributed by atoms with Crippen molar-refractivity contribution in [3.05, 3.63) is 24.5 Å². The van der Waals surface area contributed by atoms with Crippen LogP contribution in [0.4, 0.5) is 0 Å². The van der Waals surface area contributed by atoms with Crippen molar-refractivity contribution in [1.29, 1.82) is 0 Å². The highest BCUT2D eigenvalue weighted by Gasteiger charge is 2.55. The second-order valence-corrected chi connectivity index (χ2v) is 8.30. The SMILES string of the molecule is CCS(=O)(=O)N1CC[C@]2(C1)C(=O)NC[C@H]2COc1cccnc1. The van der Waals surface area contributed by atoms with Crippen molar-refractivity contribution in [2.75, 3.05) is 32.0 Å². The second-order valence-electron chi connectivity index (χ2n) is 6.05. The molecule has 7 nitrogen and oxygen atoms in total. The lowest BCUT2D eigenvalue weighted by molar-refractivity contribution is -0.128. The molecule has 2 aliphatic heterocycles. The molecule has 0 saturated carbocycles. The van der Waals surface area contributed by atoms with E-state index in [-0.39, 0.29) is 24.1 Å². The third-order valence-corrected chi connectivity index (χ3v) is 6.68. The van der Waals surface area contributed by atoms with Gasteiger partial charge in [-0.25, -0.2) is 12.7 Å². The number of rotatable bonds is 5. The summed E-state index contributed by atoms with van der Waals surface area (Å²) >= 11 is 0. The molecular formula is C15H21N3O4S. The molecule has 1 amide bonds. The van der Waals surface area contributed by atoms with Crippen LogP contribution in [0.25, 0.3) is 0 Å². The van der Waals surface area contributed by atoms with Gasteiger partial charge < -0.3 is 10.1 Å². The number of sulfonamides is 1. The number of hydrogen-bond donors (Lipinski definition) is 1. The van der Waals surface area contributed by atoms with Crippen molar-refractivity contribution >= 4 is 15.9 Å². The fourth-order valence-electron chi connectivity index (χ4n) is 3.36. The van der Waals surface area contributed by atoms with Gasteiger partial charge in [-0.1, -0.05) is 0 Å². The molecule has 3 rings (SSSR count). The van der Waals surface area contributed by atoms with Crippen LogP contribution in [0.1, 0.15) is 13.3 Å². The summed E-state index contributed by atoms with van der Waals surface area (Å²) in [7, 11) is -3.27. The minimum absolute atomic E-state index is 0.0488. The summed E-state index contributed by atoms with van der Waals surface area (Å²) in [6, 6.07) is 3.60. The predicted molar refractivity (Wildman–Crippen MR) is 84.3 cm³/mol. The van der Waals surface area contributed by atoms with Crippen LogP contribution in [0.2, 0.25) is 0 Å². The van der Waals surface area contributed by atoms with Gasteiger partial charge in [0.1, 0.15) is 5.75 Å². The zero-order valence-electron chi connectivity index (χ0n) is 13.1. The van der Waals surface area contributed by atoms with Gasteiger partial charge >= 0.3 is 0 Å². The van der Waals surface area contributed by atoms with Crippen molar-refractivity contribution in [2.45, 2.75) is 13.3 Å². The average molecular weight is 339 g/mol. The quantitative estimate of drug-likeness (QED) is 0.831. The van der Waals surface area contributed by atoms with E-state index in [0.717, 1.165) is 0 Å². The van der Waals surface area contributed by atoms with Crippen LogP contribution in [0.3, 0.4) is 0 Å². The molecule has 126 valence electrons. The molecule has 1 aromatic rings. The van der Waals surface area contributed by atoms with E-state index in [2.05, 4.69) is 10.3 Å². The Bertz CT molecular complexity index is 679. The molecule has 1 N–H and O–H groups in total. The topological polar surface area (TPSA) is 88.6 Å². The first kappa shape index (κ1) is 16.2. The fourth-order valence-corrected chi connectivity index (χ4v) is 4.52. The Morgan fingerprint density at radius 3 is 3.04 bits per heavy atom. The van der Waals surface area contributed by atoms with Gasteiger partial charge in [0.05, 0.1) is 24.0 Å². The van der Waals surface area contributed by atoms with E-state index in [9.17, 15) is 13.2 Å². The average Bonchev–Trinajstić information content (AvgIpc) is 3.14. The first-order valence-electron chi connectivity index (χ1n) is 7.77. The lowest BCUT2D eigenvalue weighted by Gasteiger charge is -2.27. The zero-order valence-corrected chi connectivity index (χ0v) is 13.9. The van der Waals surface area contributed by atoms with Gasteiger partial charge in [-0.3, -0.25) is 9.78 Å². The molecule has 3 heterocycles. The fraction of sp³-hybridized carbons (Fsp3) is 0.600. The van der Waals surface area contributed by atoms with Crippen molar-refractivity contribution in [3.63, 3.8) is 0 Å². The van der Waals surface area contributed by atoms with Crippen molar-refractivity contribution in [2.24, 2.45) is 11.3 Å². The normalized spacial score (nSPS) is 28.2.